The minimum absolute atomic E-state index is 0.00278. The van der Waals surface area contributed by atoms with Gasteiger partial charge in [-0.2, -0.15) is 4.31 Å². The molecule has 0 bridgehead atoms. The van der Waals surface area contributed by atoms with Crippen molar-refractivity contribution in [2.24, 2.45) is 0 Å². The summed E-state index contributed by atoms with van der Waals surface area (Å²) in [5.41, 5.74) is 3.45. The Morgan fingerprint density at radius 1 is 1.32 bits per heavy atom. The Morgan fingerprint density at radius 3 is 2.76 bits per heavy atom. The largest absolute Gasteiger partial charge is 0.376 e. The number of nitrogens with zero attached hydrogens (tertiary/aromatic N) is 3. The molecule has 1 aromatic carbocycles. The number of aromatic nitrogens is 2. The van der Waals surface area contributed by atoms with Crippen molar-refractivity contribution in [1.82, 2.24) is 19.3 Å². The number of hydrogen-bond donors (Lipinski definition) is 1. The zero-order valence-electron chi connectivity index (χ0n) is 18.7. The number of nitrogens with one attached hydrogen (secondary N) is 1. The molecule has 1 N–H and O–H groups in total. The molecule has 1 atom stereocenters. The average molecular weight is 493 g/mol. The van der Waals surface area contributed by atoms with Crippen molar-refractivity contribution >= 4 is 26.8 Å². The van der Waals surface area contributed by atoms with Crippen LogP contribution in [0.1, 0.15) is 16.1 Å². The predicted molar refractivity (Wildman–Crippen MR) is 120 cm³/mol. The van der Waals surface area contributed by atoms with Crippen molar-refractivity contribution in [2.75, 3.05) is 40.5 Å². The molecule has 1 fully saturated rings. The number of hydroxylamine groups is 1. The number of fused-ring (bicyclic) bond motifs is 1. The second kappa shape index (κ2) is 10.2. The van der Waals surface area contributed by atoms with E-state index in [4.69, 9.17) is 9.47 Å². The van der Waals surface area contributed by atoms with Crippen molar-refractivity contribution < 1.29 is 31.9 Å². The first-order chi connectivity index (χ1) is 16.3. The summed E-state index contributed by atoms with van der Waals surface area (Å²) in [6, 6.07) is 7.32. The highest BCUT2D eigenvalue weighted by atomic mass is 32.2. The van der Waals surface area contributed by atoms with Crippen LogP contribution in [0.25, 0.3) is 10.9 Å². The molecule has 1 unspecified atom stereocenters. The highest BCUT2D eigenvalue weighted by molar-refractivity contribution is 7.89. The first-order valence-corrected chi connectivity index (χ1v) is 12.0. The maximum Gasteiger partial charge on any atom is 0.293 e. The molecule has 1 amide bonds. The number of carbonyl (C=O) groups excluding carboxylic acids is 1. The smallest absolute Gasteiger partial charge is 0.293 e. The molecule has 0 radical (unpaired) electrons. The summed E-state index contributed by atoms with van der Waals surface area (Å²) in [4.78, 5) is 21.1. The van der Waals surface area contributed by atoms with E-state index in [0.717, 1.165) is 5.56 Å². The number of amides is 1. The van der Waals surface area contributed by atoms with E-state index in [1.807, 2.05) is 0 Å². The minimum atomic E-state index is -3.97. The predicted octanol–water partition coefficient (Wildman–Crippen LogP) is 1.55. The van der Waals surface area contributed by atoms with Crippen LogP contribution in [-0.2, 0) is 30.9 Å². The van der Waals surface area contributed by atoms with Crippen LogP contribution < -0.4 is 5.48 Å². The molecule has 182 valence electrons. The zero-order valence-corrected chi connectivity index (χ0v) is 19.5. The molecule has 10 nitrogen and oxygen atoms in total. The second-order valence-corrected chi connectivity index (χ2v) is 9.84. The fourth-order valence-corrected chi connectivity index (χ4v) is 5.14. The third-order valence-electron chi connectivity index (χ3n) is 5.46. The van der Waals surface area contributed by atoms with E-state index >= 15 is 0 Å². The summed E-state index contributed by atoms with van der Waals surface area (Å²) in [7, 11) is -1.21. The van der Waals surface area contributed by atoms with Crippen molar-refractivity contribution in [3.8, 4) is 0 Å². The number of benzene rings is 1. The van der Waals surface area contributed by atoms with Crippen LogP contribution in [-0.4, -0.2) is 74.8 Å². The maximum absolute atomic E-state index is 13.6. The van der Waals surface area contributed by atoms with Gasteiger partial charge in [0.05, 0.1) is 44.7 Å². The van der Waals surface area contributed by atoms with E-state index < -0.39 is 15.9 Å². The van der Waals surface area contributed by atoms with Crippen molar-refractivity contribution in [3.63, 3.8) is 0 Å². The van der Waals surface area contributed by atoms with Gasteiger partial charge in [0.1, 0.15) is 16.4 Å². The van der Waals surface area contributed by atoms with Crippen LogP contribution in [0.15, 0.2) is 47.6 Å². The molecular formula is C22H25FN4O6S. The van der Waals surface area contributed by atoms with Gasteiger partial charge in [-0.1, -0.05) is 12.1 Å². The summed E-state index contributed by atoms with van der Waals surface area (Å²) in [6.07, 6.45) is 2.55. The van der Waals surface area contributed by atoms with Crippen LogP contribution in [0.3, 0.4) is 0 Å². The molecular weight excluding hydrogens is 467 g/mol. The van der Waals surface area contributed by atoms with Crippen LogP contribution in [0.5, 0.6) is 0 Å². The molecule has 3 aromatic rings. The molecule has 1 aliphatic heterocycles. The van der Waals surface area contributed by atoms with E-state index in [-0.39, 0.29) is 35.6 Å². The zero-order chi connectivity index (χ0) is 24.3. The van der Waals surface area contributed by atoms with E-state index in [9.17, 15) is 17.6 Å². The first kappa shape index (κ1) is 24.2. The van der Waals surface area contributed by atoms with Gasteiger partial charge in [0.25, 0.3) is 5.91 Å². The number of hydrogen-bond acceptors (Lipinski definition) is 7. The lowest BCUT2D eigenvalue weighted by atomic mass is 10.2. The van der Waals surface area contributed by atoms with Crippen molar-refractivity contribution in [1.29, 1.82) is 0 Å². The maximum atomic E-state index is 13.6. The van der Waals surface area contributed by atoms with Gasteiger partial charge in [-0.15, -0.1) is 0 Å². The number of rotatable bonds is 8. The summed E-state index contributed by atoms with van der Waals surface area (Å²) in [5, 5.41) is 0.325. The summed E-state index contributed by atoms with van der Waals surface area (Å²) < 4.78 is 54.3. The Morgan fingerprint density at radius 2 is 2.09 bits per heavy atom. The molecule has 12 heteroatoms. The van der Waals surface area contributed by atoms with Crippen LogP contribution >= 0.6 is 0 Å². The standard InChI is InChI=1S/C22H25FN4O6S/c1-26(12-17-14-32-7-8-33-17)34(29,30)21-13-27(11-15-3-5-16(23)6-4-15)20-10-24-19(9-18(20)21)22(28)25-31-2/h3-6,9-10,13,17H,7-8,11-12,14H2,1-2H3,(H,25,28). The van der Waals surface area contributed by atoms with Crippen LogP contribution in [0.2, 0.25) is 0 Å². The molecule has 3 heterocycles. The third-order valence-corrected chi connectivity index (χ3v) is 7.31. The molecule has 0 aliphatic carbocycles. The van der Waals surface area contributed by atoms with Gasteiger partial charge in [0.15, 0.2) is 0 Å². The monoisotopic (exact) mass is 492 g/mol. The molecule has 1 aliphatic rings. The lowest BCUT2D eigenvalue weighted by Crippen LogP contribution is -2.40. The van der Waals surface area contributed by atoms with Crippen molar-refractivity contribution in [2.45, 2.75) is 17.5 Å². The summed E-state index contributed by atoms with van der Waals surface area (Å²) in [6.45, 7) is 1.57. The molecule has 4 rings (SSSR count). The molecule has 1 saturated heterocycles. The van der Waals surface area contributed by atoms with E-state index in [1.54, 1.807) is 16.7 Å². The summed E-state index contributed by atoms with van der Waals surface area (Å²) in [5.74, 6) is -0.976. The lowest BCUT2D eigenvalue weighted by Gasteiger charge is -2.27. The quantitative estimate of drug-likeness (QED) is 0.475. The number of ether oxygens (including phenoxy) is 2. The normalized spacial score (nSPS) is 16.8. The SMILES string of the molecule is CONC(=O)c1cc2c(S(=O)(=O)N(C)CC3COCCO3)cn(Cc3ccc(F)cc3)c2cn1. The number of pyridine rings is 1. The lowest BCUT2D eigenvalue weighted by molar-refractivity contribution is -0.0909. The molecule has 34 heavy (non-hydrogen) atoms. The second-order valence-electron chi connectivity index (χ2n) is 7.82. The molecule has 0 spiro atoms. The number of carbonyl (C=O) groups is 1. The highest BCUT2D eigenvalue weighted by Gasteiger charge is 2.29. The highest BCUT2D eigenvalue weighted by Crippen LogP contribution is 2.29. The number of likely N-dealkylation sites (N-methyl/N-ethyl adjacent to an activating group) is 1. The minimum Gasteiger partial charge on any atom is -0.376 e. The van der Waals surface area contributed by atoms with Crippen LogP contribution in [0, 0.1) is 5.82 Å². The number of halogens is 1. The van der Waals surface area contributed by atoms with Gasteiger partial charge < -0.3 is 14.0 Å². The fraction of sp³-hybridized carbons (Fsp3) is 0.364. The molecule has 0 saturated carbocycles. The average Bonchev–Trinajstić information content (AvgIpc) is 3.19. The van der Waals surface area contributed by atoms with Crippen LogP contribution in [0.4, 0.5) is 4.39 Å². The third kappa shape index (κ3) is 5.10. The Kier molecular flexibility index (Phi) is 7.24. The fourth-order valence-electron chi connectivity index (χ4n) is 3.74. The van der Waals surface area contributed by atoms with E-state index in [2.05, 4.69) is 15.3 Å². The number of sulfonamides is 1. The Labute approximate surface area is 196 Å². The van der Waals surface area contributed by atoms with E-state index in [1.165, 1.54) is 49.1 Å². The van der Waals surface area contributed by atoms with Gasteiger partial charge in [-0.3, -0.25) is 9.63 Å². The molecule has 2 aromatic heterocycles. The van der Waals surface area contributed by atoms with Gasteiger partial charge in [-0.05, 0) is 23.8 Å². The van der Waals surface area contributed by atoms with Gasteiger partial charge >= 0.3 is 0 Å². The Bertz CT molecular complexity index is 1270. The Balaban J connectivity index is 1.75. The van der Waals surface area contributed by atoms with Crippen molar-refractivity contribution in [3.05, 3.63) is 59.8 Å². The van der Waals surface area contributed by atoms with Gasteiger partial charge in [0.2, 0.25) is 10.0 Å². The van der Waals surface area contributed by atoms with Gasteiger partial charge in [0, 0.05) is 31.7 Å². The first-order valence-electron chi connectivity index (χ1n) is 10.5. The van der Waals surface area contributed by atoms with E-state index in [0.29, 0.717) is 30.7 Å². The topological polar surface area (TPSA) is 112 Å². The summed E-state index contributed by atoms with van der Waals surface area (Å²) >= 11 is 0. The van der Waals surface area contributed by atoms with Gasteiger partial charge in [-0.25, -0.2) is 23.3 Å². The Hall–Kier alpha value is -2.90.